The molecule has 1 aliphatic heterocycles. The Hall–Kier alpha value is -1.76. The molecule has 1 saturated heterocycles. The molecule has 112 valence electrons. The monoisotopic (exact) mass is 307 g/mol. The number of nitrogens with zero attached hydrogens (tertiary/aromatic N) is 3. The smallest absolute Gasteiger partial charge is 0.227 e. The zero-order valence-electron chi connectivity index (χ0n) is 11.8. The number of sulfone groups is 1. The maximum Gasteiger partial charge on any atom is 0.227 e. The molecular weight excluding hydrogens is 290 g/mol. The summed E-state index contributed by atoms with van der Waals surface area (Å²) in [5.74, 6) is 1.52. The molecule has 1 unspecified atom stereocenters. The molecule has 21 heavy (non-hydrogen) atoms. The van der Waals surface area contributed by atoms with E-state index >= 15 is 0 Å². The van der Waals surface area contributed by atoms with E-state index in [2.05, 4.69) is 15.1 Å². The average Bonchev–Trinajstić information content (AvgIpc) is 2.86. The Morgan fingerprint density at radius 2 is 2.29 bits per heavy atom. The highest BCUT2D eigenvalue weighted by atomic mass is 32.2. The number of hydrogen-bond acceptors (Lipinski definition) is 6. The van der Waals surface area contributed by atoms with Crippen molar-refractivity contribution in [3.05, 3.63) is 29.8 Å². The lowest BCUT2D eigenvalue weighted by Gasteiger charge is -2.19. The molecule has 3 heterocycles. The number of hydrogen-bond donors (Lipinski definition) is 0. The fraction of sp³-hybridized carbons (Fsp3) is 0.500. The Kier molecular flexibility index (Phi) is 3.75. The third-order valence-electron chi connectivity index (χ3n) is 3.63. The van der Waals surface area contributed by atoms with Gasteiger partial charge in [0.2, 0.25) is 11.7 Å². The quantitative estimate of drug-likeness (QED) is 0.859. The minimum Gasteiger partial charge on any atom is -0.339 e. The normalized spacial score (nSPS) is 21.3. The van der Waals surface area contributed by atoms with E-state index in [-0.39, 0.29) is 11.7 Å². The lowest BCUT2D eigenvalue weighted by molar-refractivity contribution is 0.350. The van der Waals surface area contributed by atoms with Crippen LogP contribution in [0.15, 0.2) is 22.9 Å². The van der Waals surface area contributed by atoms with Crippen molar-refractivity contribution in [2.24, 2.45) is 5.92 Å². The maximum atomic E-state index is 11.6. The molecule has 3 rings (SSSR count). The molecule has 0 N–H and O–H groups in total. The Bertz CT molecular complexity index is 739. The summed E-state index contributed by atoms with van der Waals surface area (Å²) in [5.41, 5.74) is 1.74. The van der Waals surface area contributed by atoms with E-state index in [1.54, 1.807) is 6.20 Å². The second-order valence-electron chi connectivity index (χ2n) is 5.56. The molecular formula is C14H17N3O3S. The summed E-state index contributed by atoms with van der Waals surface area (Å²) >= 11 is 0. The van der Waals surface area contributed by atoms with Crippen molar-refractivity contribution in [1.29, 1.82) is 0 Å². The second kappa shape index (κ2) is 5.55. The number of aryl methyl sites for hydroxylation is 1. The van der Waals surface area contributed by atoms with Gasteiger partial charge in [-0.05, 0) is 43.4 Å². The van der Waals surface area contributed by atoms with E-state index in [4.69, 9.17) is 4.52 Å². The molecule has 0 amide bonds. The van der Waals surface area contributed by atoms with E-state index < -0.39 is 9.84 Å². The molecule has 2 aromatic rings. The summed E-state index contributed by atoms with van der Waals surface area (Å²) in [7, 11) is -2.91. The van der Waals surface area contributed by atoms with Crippen LogP contribution in [0.1, 0.15) is 24.3 Å². The standard InChI is InChI=1S/C14H17N3O3S/c1-10-4-5-15-12(7-10)14-16-13(20-17-14)8-11-3-2-6-21(18,19)9-11/h4-5,7,11H,2-3,6,8-9H2,1H3. The van der Waals surface area contributed by atoms with Gasteiger partial charge in [-0.15, -0.1) is 0 Å². The minimum absolute atomic E-state index is 0.0718. The molecule has 6 nitrogen and oxygen atoms in total. The van der Waals surface area contributed by atoms with Crippen LogP contribution in [0.5, 0.6) is 0 Å². The second-order valence-corrected chi connectivity index (χ2v) is 7.79. The van der Waals surface area contributed by atoms with Gasteiger partial charge in [-0.3, -0.25) is 4.98 Å². The molecule has 0 spiro atoms. The third kappa shape index (κ3) is 3.47. The van der Waals surface area contributed by atoms with E-state index in [0.29, 0.717) is 36.0 Å². The lowest BCUT2D eigenvalue weighted by Crippen LogP contribution is -2.26. The highest BCUT2D eigenvalue weighted by molar-refractivity contribution is 7.91. The minimum atomic E-state index is -2.91. The third-order valence-corrected chi connectivity index (χ3v) is 5.52. The van der Waals surface area contributed by atoms with Crippen LogP contribution in [-0.4, -0.2) is 35.0 Å². The molecule has 0 aliphatic carbocycles. The van der Waals surface area contributed by atoms with Crippen molar-refractivity contribution in [2.45, 2.75) is 26.2 Å². The summed E-state index contributed by atoms with van der Waals surface area (Å²) in [5, 5.41) is 3.93. The zero-order valence-corrected chi connectivity index (χ0v) is 12.6. The topological polar surface area (TPSA) is 86.0 Å². The van der Waals surface area contributed by atoms with Crippen LogP contribution >= 0.6 is 0 Å². The number of rotatable bonds is 3. The van der Waals surface area contributed by atoms with Crippen molar-refractivity contribution < 1.29 is 12.9 Å². The fourth-order valence-corrected chi connectivity index (χ4v) is 4.40. The lowest BCUT2D eigenvalue weighted by atomic mass is 10.0. The van der Waals surface area contributed by atoms with Gasteiger partial charge in [-0.25, -0.2) is 8.42 Å². The van der Waals surface area contributed by atoms with Crippen molar-refractivity contribution in [2.75, 3.05) is 11.5 Å². The molecule has 7 heteroatoms. The van der Waals surface area contributed by atoms with E-state index in [9.17, 15) is 8.42 Å². The Labute approximate surface area is 123 Å². The van der Waals surface area contributed by atoms with Gasteiger partial charge in [0.25, 0.3) is 0 Å². The van der Waals surface area contributed by atoms with E-state index in [0.717, 1.165) is 12.0 Å². The van der Waals surface area contributed by atoms with Gasteiger partial charge in [0.05, 0.1) is 11.5 Å². The van der Waals surface area contributed by atoms with Crippen LogP contribution < -0.4 is 0 Å². The van der Waals surface area contributed by atoms with Crippen LogP contribution in [0.3, 0.4) is 0 Å². The van der Waals surface area contributed by atoms with E-state index in [1.165, 1.54) is 0 Å². The highest BCUT2D eigenvalue weighted by Gasteiger charge is 2.26. The number of pyridine rings is 1. The van der Waals surface area contributed by atoms with Gasteiger partial charge >= 0.3 is 0 Å². The first-order chi connectivity index (χ1) is 10.0. The van der Waals surface area contributed by atoms with Gasteiger partial charge in [-0.2, -0.15) is 4.98 Å². The molecule has 0 aromatic carbocycles. The van der Waals surface area contributed by atoms with Crippen LogP contribution in [0.25, 0.3) is 11.5 Å². The molecule has 0 saturated carbocycles. The highest BCUT2D eigenvalue weighted by Crippen LogP contribution is 2.23. The van der Waals surface area contributed by atoms with Crippen molar-refractivity contribution >= 4 is 9.84 Å². The zero-order chi connectivity index (χ0) is 14.9. The van der Waals surface area contributed by atoms with Crippen LogP contribution in [0, 0.1) is 12.8 Å². The first-order valence-electron chi connectivity index (χ1n) is 6.98. The van der Waals surface area contributed by atoms with E-state index in [1.807, 2.05) is 19.1 Å². The maximum absolute atomic E-state index is 11.6. The van der Waals surface area contributed by atoms with Gasteiger partial charge < -0.3 is 4.52 Å². The van der Waals surface area contributed by atoms with Crippen molar-refractivity contribution in [3.63, 3.8) is 0 Å². The van der Waals surface area contributed by atoms with Gasteiger partial charge in [0.1, 0.15) is 5.69 Å². The Morgan fingerprint density at radius 1 is 1.43 bits per heavy atom. The predicted octanol–water partition coefficient (Wildman–Crippen LogP) is 1.81. The summed E-state index contributed by atoms with van der Waals surface area (Å²) < 4.78 is 28.5. The van der Waals surface area contributed by atoms with Gasteiger partial charge in [0, 0.05) is 12.6 Å². The van der Waals surface area contributed by atoms with Crippen LogP contribution in [-0.2, 0) is 16.3 Å². The summed E-state index contributed by atoms with van der Waals surface area (Å²) in [6.07, 6.45) is 3.82. The average molecular weight is 307 g/mol. The first-order valence-corrected chi connectivity index (χ1v) is 8.80. The summed E-state index contributed by atoms with van der Waals surface area (Å²) in [4.78, 5) is 8.54. The van der Waals surface area contributed by atoms with Crippen molar-refractivity contribution in [1.82, 2.24) is 15.1 Å². The Balaban J connectivity index is 1.73. The molecule has 2 aromatic heterocycles. The van der Waals surface area contributed by atoms with Gasteiger partial charge in [0.15, 0.2) is 9.84 Å². The Morgan fingerprint density at radius 3 is 3.05 bits per heavy atom. The molecule has 0 bridgehead atoms. The van der Waals surface area contributed by atoms with Crippen LogP contribution in [0.2, 0.25) is 0 Å². The molecule has 1 fully saturated rings. The molecule has 1 atom stereocenters. The van der Waals surface area contributed by atoms with Crippen LogP contribution in [0.4, 0.5) is 0 Å². The SMILES string of the molecule is Cc1ccnc(-c2noc(CC3CCCS(=O)(=O)C3)n2)c1. The number of aromatic nitrogens is 3. The molecule has 0 radical (unpaired) electrons. The molecule has 1 aliphatic rings. The summed E-state index contributed by atoms with van der Waals surface area (Å²) in [6.45, 7) is 1.97. The van der Waals surface area contributed by atoms with Gasteiger partial charge in [-0.1, -0.05) is 5.16 Å². The fourth-order valence-electron chi connectivity index (χ4n) is 2.63. The first kappa shape index (κ1) is 14.2. The predicted molar refractivity (Wildman–Crippen MR) is 77.3 cm³/mol. The van der Waals surface area contributed by atoms with Crippen molar-refractivity contribution in [3.8, 4) is 11.5 Å². The summed E-state index contributed by atoms with van der Waals surface area (Å²) in [6, 6.07) is 3.79. The largest absolute Gasteiger partial charge is 0.339 e.